The molecule has 0 saturated heterocycles. The number of sulfone groups is 1. The number of ether oxygens (including phenoxy) is 1. The van der Waals surface area contributed by atoms with E-state index in [2.05, 4.69) is 9.72 Å². The third-order valence-electron chi connectivity index (χ3n) is 3.97. The zero-order valence-electron chi connectivity index (χ0n) is 16.3. The molecule has 0 aliphatic carbocycles. The van der Waals surface area contributed by atoms with Crippen molar-refractivity contribution in [2.75, 3.05) is 12.4 Å². The first-order chi connectivity index (χ1) is 14.8. The number of hydrogen-bond donors (Lipinski definition) is 2. The average molecular weight is 496 g/mol. The largest absolute Gasteiger partial charge is 0.466 e. The molecule has 16 heteroatoms. The van der Waals surface area contributed by atoms with Crippen LogP contribution in [-0.4, -0.2) is 49.2 Å². The van der Waals surface area contributed by atoms with E-state index in [-0.39, 0.29) is 21.9 Å². The average Bonchev–Trinajstić information content (AvgIpc) is 3.20. The summed E-state index contributed by atoms with van der Waals surface area (Å²) in [5.41, 5.74) is -4.09. The fourth-order valence-corrected chi connectivity index (χ4v) is 4.79. The van der Waals surface area contributed by atoms with Crippen LogP contribution < -0.4 is 10.6 Å². The first-order valence-electron chi connectivity index (χ1n) is 8.48. The van der Waals surface area contributed by atoms with Gasteiger partial charge in [0, 0.05) is 18.6 Å². The normalized spacial score (nSPS) is 13.7. The summed E-state index contributed by atoms with van der Waals surface area (Å²) in [5.74, 6) is -3.04. The van der Waals surface area contributed by atoms with Crippen molar-refractivity contribution < 1.29 is 40.8 Å². The summed E-state index contributed by atoms with van der Waals surface area (Å²) in [6, 6.07) is 3.80. The van der Waals surface area contributed by atoms with E-state index in [1.54, 1.807) is 5.32 Å². The number of methoxy groups -OCH3 is 1. The highest BCUT2D eigenvalue weighted by atomic mass is 32.2. The van der Waals surface area contributed by atoms with Crippen molar-refractivity contribution in [1.29, 1.82) is 0 Å². The molecule has 1 aromatic carbocycles. The van der Waals surface area contributed by atoms with Crippen LogP contribution >= 0.6 is 11.3 Å². The van der Waals surface area contributed by atoms with Gasteiger partial charge in [-0.05, 0) is 12.1 Å². The molecular formula is C16H15F3N4O7S2. The number of carbonyl (C=O) groups excluding carboxylic acids is 2. The van der Waals surface area contributed by atoms with Crippen molar-refractivity contribution in [2.45, 2.75) is 34.3 Å². The van der Waals surface area contributed by atoms with E-state index >= 15 is 0 Å². The second kappa shape index (κ2) is 9.07. The maximum absolute atomic E-state index is 13.8. The van der Waals surface area contributed by atoms with Gasteiger partial charge >= 0.3 is 17.8 Å². The number of nitrogens with zero attached hydrogens (tertiary/aromatic N) is 2. The smallest absolute Gasteiger partial charge is 0.442 e. The van der Waals surface area contributed by atoms with Gasteiger partial charge in [-0.15, -0.1) is 0 Å². The Labute approximate surface area is 182 Å². The maximum Gasteiger partial charge on any atom is 0.442 e. The van der Waals surface area contributed by atoms with Gasteiger partial charge in [-0.2, -0.15) is 13.2 Å². The van der Waals surface area contributed by atoms with E-state index in [4.69, 9.17) is 0 Å². The molecule has 0 aliphatic heterocycles. The highest BCUT2D eigenvalue weighted by Crippen LogP contribution is 2.36. The van der Waals surface area contributed by atoms with Crippen molar-refractivity contribution in [2.24, 2.45) is 0 Å². The molecule has 174 valence electrons. The maximum atomic E-state index is 13.8. The quantitative estimate of drug-likeness (QED) is 0.242. The molecule has 0 radical (unpaired) electrons. The Morgan fingerprint density at radius 3 is 2.31 bits per heavy atom. The zero-order chi connectivity index (χ0) is 24.3. The number of esters is 1. The van der Waals surface area contributed by atoms with Gasteiger partial charge in [-0.3, -0.25) is 14.9 Å². The molecule has 0 aliphatic rings. The van der Waals surface area contributed by atoms with E-state index in [0.29, 0.717) is 7.11 Å². The second-order valence-electron chi connectivity index (χ2n) is 6.00. The summed E-state index contributed by atoms with van der Waals surface area (Å²) in [7, 11) is -3.62. The minimum Gasteiger partial charge on any atom is -0.466 e. The Kier molecular flexibility index (Phi) is 7.09. The summed E-state index contributed by atoms with van der Waals surface area (Å²) in [4.78, 5) is 36.9. The van der Waals surface area contributed by atoms with Crippen LogP contribution in [0.4, 0.5) is 24.0 Å². The highest BCUT2D eigenvalue weighted by molar-refractivity contribution is 7.93. The Bertz CT molecular complexity index is 1130. The molecule has 1 aromatic heterocycles. The number of halogens is 3. The molecule has 11 nitrogen and oxygen atoms in total. The fourth-order valence-electron chi connectivity index (χ4n) is 2.31. The topological polar surface area (TPSA) is 158 Å². The molecule has 0 spiro atoms. The SMILES string of the molecule is CCC(=O)NC(Nc1ncc(S(=O)(=O)c2ccc([N+](=O)[O-])cc2)s1)(C(=O)OC)C(F)(F)F. The third kappa shape index (κ3) is 4.80. The van der Waals surface area contributed by atoms with Gasteiger partial charge in [0.05, 0.1) is 23.1 Å². The van der Waals surface area contributed by atoms with E-state index in [1.165, 1.54) is 12.2 Å². The van der Waals surface area contributed by atoms with Gasteiger partial charge in [0.15, 0.2) is 5.13 Å². The van der Waals surface area contributed by atoms with Gasteiger partial charge in [-0.25, -0.2) is 18.2 Å². The lowest BCUT2D eigenvalue weighted by Gasteiger charge is -2.33. The van der Waals surface area contributed by atoms with Gasteiger partial charge in [0.25, 0.3) is 5.69 Å². The lowest BCUT2D eigenvalue weighted by Crippen LogP contribution is -2.69. The molecule has 1 heterocycles. The lowest BCUT2D eigenvalue weighted by molar-refractivity contribution is -0.384. The van der Waals surface area contributed by atoms with Crippen LogP contribution in [0, 0.1) is 10.1 Å². The fraction of sp³-hybridized carbons (Fsp3) is 0.312. The molecule has 2 N–H and O–H groups in total. The van der Waals surface area contributed by atoms with Crippen LogP contribution in [0.1, 0.15) is 13.3 Å². The number of aromatic nitrogens is 1. The number of alkyl halides is 3. The summed E-state index contributed by atoms with van der Waals surface area (Å²) >= 11 is 0.248. The van der Waals surface area contributed by atoms with E-state index in [1.807, 2.05) is 0 Å². The molecule has 1 atom stereocenters. The number of amides is 1. The molecule has 0 bridgehead atoms. The summed E-state index contributed by atoms with van der Waals surface area (Å²) in [6.07, 6.45) is -5.05. The summed E-state index contributed by atoms with van der Waals surface area (Å²) < 4.78 is 70.6. The van der Waals surface area contributed by atoms with Crippen LogP contribution in [0.3, 0.4) is 0 Å². The Balaban J connectivity index is 2.46. The number of carbonyl (C=O) groups is 2. The van der Waals surface area contributed by atoms with Crippen molar-refractivity contribution in [3.63, 3.8) is 0 Å². The van der Waals surface area contributed by atoms with Crippen LogP contribution in [0.5, 0.6) is 0 Å². The van der Waals surface area contributed by atoms with Gasteiger partial charge in [-0.1, -0.05) is 18.3 Å². The first-order valence-corrected chi connectivity index (χ1v) is 10.8. The summed E-state index contributed by atoms with van der Waals surface area (Å²) in [5, 5.41) is 13.3. The summed E-state index contributed by atoms with van der Waals surface area (Å²) in [6.45, 7) is 1.26. The lowest BCUT2D eigenvalue weighted by atomic mass is 10.1. The highest BCUT2D eigenvalue weighted by Gasteiger charge is 2.63. The Morgan fingerprint density at radius 1 is 1.25 bits per heavy atom. The monoisotopic (exact) mass is 496 g/mol. The van der Waals surface area contributed by atoms with Crippen LogP contribution in [-0.2, 0) is 24.2 Å². The van der Waals surface area contributed by atoms with Gasteiger partial charge in [0.2, 0.25) is 15.7 Å². The third-order valence-corrected chi connectivity index (χ3v) is 7.11. The molecule has 0 saturated carbocycles. The molecule has 0 fully saturated rings. The van der Waals surface area contributed by atoms with E-state index in [0.717, 1.165) is 30.5 Å². The molecule has 2 rings (SSSR count). The number of non-ortho nitro benzene ring substituents is 1. The molecule has 1 unspecified atom stereocenters. The molecular weight excluding hydrogens is 481 g/mol. The molecule has 1 amide bonds. The van der Waals surface area contributed by atoms with Gasteiger partial charge in [0.1, 0.15) is 4.21 Å². The van der Waals surface area contributed by atoms with Crippen LogP contribution in [0.2, 0.25) is 0 Å². The number of rotatable bonds is 8. The minimum absolute atomic E-state index is 0.248. The molecule has 32 heavy (non-hydrogen) atoms. The second-order valence-corrected chi connectivity index (χ2v) is 9.21. The minimum atomic E-state index is -5.39. The van der Waals surface area contributed by atoms with E-state index < -0.39 is 54.2 Å². The van der Waals surface area contributed by atoms with Crippen molar-refractivity contribution in [3.05, 3.63) is 40.6 Å². The van der Waals surface area contributed by atoms with Crippen molar-refractivity contribution >= 4 is 43.9 Å². The van der Waals surface area contributed by atoms with E-state index in [9.17, 15) is 41.3 Å². The predicted octanol–water partition coefficient (Wildman–Crippen LogP) is 2.25. The molecule has 2 aromatic rings. The van der Waals surface area contributed by atoms with Crippen molar-refractivity contribution in [3.8, 4) is 0 Å². The number of benzene rings is 1. The Morgan fingerprint density at radius 2 is 1.84 bits per heavy atom. The number of nitrogens with one attached hydrogen (secondary N) is 2. The number of thiazole rings is 1. The Hall–Kier alpha value is -3.27. The number of hydrogen-bond acceptors (Lipinski definition) is 10. The standard InChI is InChI=1S/C16H15F3N4O7S2/c1-3-11(24)21-15(13(25)30-2,16(17,18)19)22-14-20-8-12(31-14)32(28,29)10-6-4-9(5-7-10)23(26)27/h4-8H,3H2,1-2H3,(H,20,22)(H,21,24). The van der Waals surface area contributed by atoms with Gasteiger partial charge < -0.3 is 15.4 Å². The number of anilines is 1. The van der Waals surface area contributed by atoms with Crippen molar-refractivity contribution in [1.82, 2.24) is 10.3 Å². The van der Waals surface area contributed by atoms with Crippen LogP contribution in [0.25, 0.3) is 0 Å². The van der Waals surface area contributed by atoms with Crippen LogP contribution in [0.15, 0.2) is 39.6 Å². The predicted molar refractivity (Wildman–Crippen MR) is 104 cm³/mol. The number of nitro groups is 1. The first kappa shape index (κ1) is 25.0. The zero-order valence-corrected chi connectivity index (χ0v) is 17.9. The number of nitro benzene ring substituents is 1.